The van der Waals surface area contributed by atoms with Crippen LogP contribution in [0.2, 0.25) is 0 Å². The second kappa shape index (κ2) is 6.39. The van der Waals surface area contributed by atoms with Gasteiger partial charge < -0.3 is 9.73 Å². The van der Waals surface area contributed by atoms with Crippen molar-refractivity contribution in [2.75, 3.05) is 5.32 Å². The molecule has 0 fully saturated rings. The summed E-state index contributed by atoms with van der Waals surface area (Å²) in [5, 5.41) is 7.30. The van der Waals surface area contributed by atoms with Crippen LogP contribution in [0.15, 0.2) is 28.2 Å². The molecule has 0 bridgehead atoms. The summed E-state index contributed by atoms with van der Waals surface area (Å²) in [6.07, 6.45) is 1.67. The number of anilines is 1. The lowest BCUT2D eigenvalue weighted by Crippen LogP contribution is -1.97. The molecule has 0 aliphatic heterocycles. The van der Waals surface area contributed by atoms with E-state index in [2.05, 4.69) is 20.7 Å². The Morgan fingerprint density at radius 1 is 1.30 bits per heavy atom. The molecule has 0 amide bonds. The van der Waals surface area contributed by atoms with Gasteiger partial charge in [0.05, 0.1) is 34.1 Å². The lowest BCUT2D eigenvalue weighted by atomic mass is 10.3. The number of rotatable bonds is 4. The van der Waals surface area contributed by atoms with Gasteiger partial charge in [-0.15, -0.1) is 35.1 Å². The first-order valence-electron chi connectivity index (χ1n) is 5.88. The van der Waals surface area contributed by atoms with Gasteiger partial charge in [-0.1, -0.05) is 0 Å². The molecule has 1 N–H and O–H groups in total. The highest BCUT2D eigenvalue weighted by Gasteiger charge is 2.11. The highest BCUT2D eigenvalue weighted by atomic mass is 35.5. The molecule has 3 rings (SSSR count). The number of nitrogens with zero attached hydrogens (tertiary/aromatic N) is 2. The van der Waals surface area contributed by atoms with E-state index in [0.29, 0.717) is 6.54 Å². The third-order valence-electron chi connectivity index (χ3n) is 2.63. The van der Waals surface area contributed by atoms with E-state index in [4.69, 9.17) is 4.42 Å². The van der Waals surface area contributed by atoms with Crippen LogP contribution in [0.25, 0.3) is 10.6 Å². The largest absolute Gasteiger partial charge is 0.467 e. The molecule has 0 aromatic carbocycles. The first kappa shape index (κ1) is 15.0. The van der Waals surface area contributed by atoms with Crippen LogP contribution in [0, 0.1) is 13.8 Å². The molecule has 0 saturated heterocycles. The highest BCUT2D eigenvalue weighted by Crippen LogP contribution is 2.32. The quantitative estimate of drug-likeness (QED) is 0.766. The van der Waals surface area contributed by atoms with Crippen LogP contribution in [-0.2, 0) is 6.54 Å². The molecular formula is C13H14ClN3OS2. The number of aromatic nitrogens is 2. The van der Waals surface area contributed by atoms with Gasteiger partial charge in [-0.2, -0.15) is 0 Å². The number of nitrogens with one attached hydrogen (secondary N) is 1. The number of hydrogen-bond donors (Lipinski definition) is 1. The first-order valence-corrected chi connectivity index (χ1v) is 7.58. The second-order valence-electron chi connectivity index (χ2n) is 4.12. The van der Waals surface area contributed by atoms with Gasteiger partial charge in [-0.05, 0) is 26.0 Å². The zero-order valence-electron chi connectivity index (χ0n) is 11.0. The van der Waals surface area contributed by atoms with E-state index in [9.17, 15) is 0 Å². The fraction of sp³-hybridized carbons (Fsp3) is 0.231. The summed E-state index contributed by atoms with van der Waals surface area (Å²) >= 11 is 3.28. The summed E-state index contributed by atoms with van der Waals surface area (Å²) in [6, 6.07) is 3.83. The minimum absolute atomic E-state index is 0. The number of furan rings is 1. The lowest BCUT2D eigenvalue weighted by molar-refractivity contribution is 0.518. The molecule has 7 heteroatoms. The van der Waals surface area contributed by atoms with Gasteiger partial charge >= 0.3 is 0 Å². The minimum atomic E-state index is 0. The minimum Gasteiger partial charge on any atom is -0.467 e. The van der Waals surface area contributed by atoms with Gasteiger partial charge in [0, 0.05) is 5.38 Å². The molecule has 20 heavy (non-hydrogen) atoms. The molecule has 0 spiro atoms. The molecule has 3 aromatic heterocycles. The fourth-order valence-electron chi connectivity index (χ4n) is 1.80. The lowest BCUT2D eigenvalue weighted by Gasteiger charge is -1.98. The zero-order chi connectivity index (χ0) is 13.2. The molecule has 106 valence electrons. The number of hydrogen-bond acceptors (Lipinski definition) is 6. The monoisotopic (exact) mass is 327 g/mol. The van der Waals surface area contributed by atoms with Crippen molar-refractivity contribution in [3.63, 3.8) is 0 Å². The molecular weight excluding hydrogens is 314 g/mol. The second-order valence-corrected chi connectivity index (χ2v) is 6.18. The van der Waals surface area contributed by atoms with Crippen LogP contribution >= 0.6 is 35.1 Å². The molecule has 0 aliphatic rings. The Hall–Kier alpha value is -1.37. The van der Waals surface area contributed by atoms with Crippen molar-refractivity contribution in [1.29, 1.82) is 0 Å². The van der Waals surface area contributed by atoms with E-state index in [1.54, 1.807) is 28.9 Å². The normalized spacial score (nSPS) is 10.3. The van der Waals surface area contributed by atoms with E-state index in [-0.39, 0.29) is 12.4 Å². The van der Waals surface area contributed by atoms with Crippen LogP contribution in [0.1, 0.15) is 16.5 Å². The predicted molar refractivity (Wildman–Crippen MR) is 86.0 cm³/mol. The van der Waals surface area contributed by atoms with Crippen molar-refractivity contribution in [2.24, 2.45) is 0 Å². The van der Waals surface area contributed by atoms with E-state index in [1.165, 1.54) is 0 Å². The van der Waals surface area contributed by atoms with Crippen LogP contribution in [-0.4, -0.2) is 9.97 Å². The molecule has 0 aliphatic carbocycles. The summed E-state index contributed by atoms with van der Waals surface area (Å²) in [5.74, 6) is 0.904. The van der Waals surface area contributed by atoms with E-state index >= 15 is 0 Å². The summed E-state index contributed by atoms with van der Waals surface area (Å²) in [7, 11) is 0. The SMILES string of the molecule is Cc1nc(C)c(-c2csc(NCc3ccco3)n2)s1.Cl. The average molecular weight is 328 g/mol. The third kappa shape index (κ3) is 3.20. The van der Waals surface area contributed by atoms with E-state index in [0.717, 1.165) is 32.2 Å². The van der Waals surface area contributed by atoms with Crippen LogP contribution in [0.5, 0.6) is 0 Å². The predicted octanol–water partition coefficient (Wildman–Crippen LogP) is 4.51. The Bertz CT molecular complexity index is 676. The van der Waals surface area contributed by atoms with Crippen molar-refractivity contribution in [3.05, 3.63) is 40.2 Å². The van der Waals surface area contributed by atoms with E-state index in [1.807, 2.05) is 26.0 Å². The molecule has 0 unspecified atom stereocenters. The first-order chi connectivity index (χ1) is 9.22. The Labute approximate surface area is 131 Å². The summed E-state index contributed by atoms with van der Waals surface area (Å²) < 4.78 is 5.28. The number of halogens is 1. The summed E-state index contributed by atoms with van der Waals surface area (Å²) in [6.45, 7) is 4.69. The van der Waals surface area contributed by atoms with Gasteiger partial charge in [0.1, 0.15) is 5.76 Å². The molecule has 0 saturated carbocycles. The Morgan fingerprint density at radius 2 is 2.15 bits per heavy atom. The highest BCUT2D eigenvalue weighted by molar-refractivity contribution is 7.16. The van der Waals surface area contributed by atoms with Crippen molar-refractivity contribution in [3.8, 4) is 10.6 Å². The maximum absolute atomic E-state index is 5.28. The maximum Gasteiger partial charge on any atom is 0.183 e. The average Bonchev–Trinajstić information content (AvgIpc) is 3.08. The zero-order valence-corrected chi connectivity index (χ0v) is 13.5. The number of aryl methyl sites for hydroxylation is 2. The van der Waals surface area contributed by atoms with E-state index < -0.39 is 0 Å². The Morgan fingerprint density at radius 3 is 2.80 bits per heavy atom. The maximum atomic E-state index is 5.28. The molecule has 0 radical (unpaired) electrons. The molecule has 4 nitrogen and oxygen atoms in total. The van der Waals surface area contributed by atoms with Crippen molar-refractivity contribution < 1.29 is 4.42 Å². The molecule has 3 heterocycles. The van der Waals surface area contributed by atoms with Crippen LogP contribution < -0.4 is 5.32 Å². The van der Waals surface area contributed by atoms with Gasteiger partial charge in [-0.25, -0.2) is 9.97 Å². The van der Waals surface area contributed by atoms with Gasteiger partial charge in [0.15, 0.2) is 5.13 Å². The van der Waals surface area contributed by atoms with Crippen LogP contribution in [0.4, 0.5) is 5.13 Å². The van der Waals surface area contributed by atoms with Gasteiger partial charge in [0.2, 0.25) is 0 Å². The van der Waals surface area contributed by atoms with Crippen molar-refractivity contribution in [1.82, 2.24) is 9.97 Å². The van der Waals surface area contributed by atoms with Crippen molar-refractivity contribution in [2.45, 2.75) is 20.4 Å². The standard InChI is InChI=1S/C13H13N3OS2.ClH/c1-8-12(19-9(2)15-8)11-7-18-13(16-11)14-6-10-4-3-5-17-10;/h3-5,7H,6H2,1-2H3,(H,14,16);1H. The Balaban J connectivity index is 0.00000147. The molecule has 0 atom stereocenters. The van der Waals surface area contributed by atoms with Gasteiger partial charge in [0.25, 0.3) is 0 Å². The topological polar surface area (TPSA) is 51.0 Å². The summed E-state index contributed by atoms with van der Waals surface area (Å²) in [4.78, 5) is 10.2. The van der Waals surface area contributed by atoms with Crippen LogP contribution in [0.3, 0.4) is 0 Å². The Kier molecular flexibility index (Phi) is 4.80. The smallest absolute Gasteiger partial charge is 0.183 e. The fourth-order valence-corrected chi connectivity index (χ4v) is 3.46. The molecule has 3 aromatic rings. The van der Waals surface area contributed by atoms with Gasteiger partial charge in [-0.3, -0.25) is 0 Å². The summed E-state index contributed by atoms with van der Waals surface area (Å²) in [5.41, 5.74) is 2.04. The van der Waals surface area contributed by atoms with Crippen molar-refractivity contribution >= 4 is 40.2 Å². The number of thiazole rings is 2. The third-order valence-corrected chi connectivity index (χ3v) is 4.53.